The Balaban J connectivity index is 1.75. The Kier molecular flexibility index (Phi) is 3.75. The number of hydrogen-bond acceptors (Lipinski definition) is 1. The van der Waals surface area contributed by atoms with Crippen molar-refractivity contribution in [3.63, 3.8) is 0 Å². The van der Waals surface area contributed by atoms with Gasteiger partial charge in [0, 0.05) is 22.8 Å². The summed E-state index contributed by atoms with van der Waals surface area (Å²) < 4.78 is 13.5. The number of halogens is 2. The van der Waals surface area contributed by atoms with Gasteiger partial charge in [-0.1, -0.05) is 18.2 Å². The lowest BCUT2D eigenvalue weighted by molar-refractivity contribution is -0.115. The maximum absolute atomic E-state index is 13.2. The molecule has 0 saturated carbocycles. The molecule has 0 aliphatic rings. The second kappa shape index (κ2) is 5.69. The molecular weight excluding hydrogens is 335 g/mol. The van der Waals surface area contributed by atoms with Crippen LogP contribution in [0.4, 0.5) is 10.1 Å². The van der Waals surface area contributed by atoms with E-state index >= 15 is 0 Å². The zero-order chi connectivity index (χ0) is 14.8. The monoisotopic (exact) mass is 346 g/mol. The highest BCUT2D eigenvalue weighted by Gasteiger charge is 2.09. The Morgan fingerprint density at radius 1 is 1.24 bits per heavy atom. The van der Waals surface area contributed by atoms with Crippen molar-refractivity contribution in [2.75, 3.05) is 5.32 Å². The molecule has 0 fully saturated rings. The molecule has 2 N–H and O–H groups in total. The van der Waals surface area contributed by atoms with Crippen LogP contribution in [0.5, 0.6) is 0 Å². The topological polar surface area (TPSA) is 44.9 Å². The highest BCUT2D eigenvalue weighted by molar-refractivity contribution is 9.10. The van der Waals surface area contributed by atoms with Crippen LogP contribution < -0.4 is 5.32 Å². The first-order valence-corrected chi connectivity index (χ1v) is 7.22. The summed E-state index contributed by atoms with van der Waals surface area (Å²) in [6, 6.07) is 12.2. The molecule has 0 saturated heterocycles. The van der Waals surface area contributed by atoms with E-state index in [2.05, 4.69) is 26.2 Å². The van der Waals surface area contributed by atoms with Gasteiger partial charge in [0.1, 0.15) is 5.82 Å². The highest BCUT2D eigenvalue weighted by Crippen LogP contribution is 2.21. The molecule has 3 aromatic rings. The third-order valence-corrected chi connectivity index (χ3v) is 3.84. The zero-order valence-electron chi connectivity index (χ0n) is 11.0. The number of fused-ring (bicyclic) bond motifs is 1. The summed E-state index contributed by atoms with van der Waals surface area (Å²) in [5.41, 5.74) is 2.50. The Morgan fingerprint density at radius 3 is 2.86 bits per heavy atom. The van der Waals surface area contributed by atoms with Crippen LogP contribution in [0.1, 0.15) is 5.56 Å². The lowest BCUT2D eigenvalue weighted by atomic mass is 10.1. The van der Waals surface area contributed by atoms with Crippen molar-refractivity contribution in [1.82, 2.24) is 4.98 Å². The van der Waals surface area contributed by atoms with E-state index in [1.807, 2.05) is 30.5 Å². The molecule has 21 heavy (non-hydrogen) atoms. The number of aromatic amines is 1. The summed E-state index contributed by atoms with van der Waals surface area (Å²) >= 11 is 3.10. The van der Waals surface area contributed by atoms with Gasteiger partial charge in [-0.2, -0.15) is 0 Å². The van der Waals surface area contributed by atoms with Crippen LogP contribution >= 0.6 is 15.9 Å². The minimum Gasteiger partial charge on any atom is -0.361 e. The van der Waals surface area contributed by atoms with E-state index < -0.39 is 0 Å². The first-order valence-electron chi connectivity index (χ1n) is 6.43. The van der Waals surface area contributed by atoms with Crippen LogP contribution in [0, 0.1) is 5.82 Å². The number of H-pyrrole nitrogens is 1. The smallest absolute Gasteiger partial charge is 0.228 e. The lowest BCUT2D eigenvalue weighted by Crippen LogP contribution is -2.14. The van der Waals surface area contributed by atoms with Crippen LogP contribution in [-0.2, 0) is 11.2 Å². The predicted octanol–water partition coefficient (Wildman–Crippen LogP) is 4.25. The maximum Gasteiger partial charge on any atom is 0.228 e. The second-order valence-corrected chi connectivity index (χ2v) is 5.57. The van der Waals surface area contributed by atoms with Gasteiger partial charge < -0.3 is 10.3 Å². The molecule has 1 heterocycles. The Bertz CT molecular complexity index is 813. The van der Waals surface area contributed by atoms with Crippen molar-refractivity contribution in [1.29, 1.82) is 0 Å². The number of nitrogens with one attached hydrogen (secondary N) is 2. The van der Waals surface area contributed by atoms with Gasteiger partial charge in [-0.3, -0.25) is 4.79 Å². The third-order valence-electron chi connectivity index (χ3n) is 3.23. The minimum absolute atomic E-state index is 0.140. The molecule has 1 aromatic heterocycles. The molecule has 1 amide bonds. The number of anilines is 1. The quantitative estimate of drug-likeness (QED) is 0.731. The molecule has 0 aliphatic carbocycles. The second-order valence-electron chi connectivity index (χ2n) is 4.71. The van der Waals surface area contributed by atoms with E-state index in [-0.39, 0.29) is 18.1 Å². The summed E-state index contributed by atoms with van der Waals surface area (Å²) in [5.74, 6) is -0.497. The summed E-state index contributed by atoms with van der Waals surface area (Å²) in [4.78, 5) is 15.2. The fourth-order valence-corrected chi connectivity index (χ4v) is 2.61. The number of hydrogen-bond donors (Lipinski definition) is 2. The third kappa shape index (κ3) is 2.97. The fraction of sp³-hybridized carbons (Fsp3) is 0.0625. The van der Waals surface area contributed by atoms with E-state index in [0.29, 0.717) is 10.2 Å². The molecule has 3 nitrogen and oxygen atoms in total. The maximum atomic E-state index is 13.2. The number of benzene rings is 2. The Labute approximate surface area is 129 Å². The largest absolute Gasteiger partial charge is 0.361 e. The molecule has 0 radical (unpaired) electrons. The van der Waals surface area contributed by atoms with Crippen molar-refractivity contribution < 1.29 is 9.18 Å². The molecule has 0 atom stereocenters. The van der Waals surface area contributed by atoms with Crippen LogP contribution in [-0.4, -0.2) is 10.9 Å². The number of para-hydroxylation sites is 1. The van der Waals surface area contributed by atoms with Gasteiger partial charge in [0.25, 0.3) is 0 Å². The van der Waals surface area contributed by atoms with E-state index in [1.54, 1.807) is 6.07 Å². The van der Waals surface area contributed by atoms with Gasteiger partial charge in [0.2, 0.25) is 5.91 Å². The first kappa shape index (κ1) is 13.8. The van der Waals surface area contributed by atoms with Crippen LogP contribution in [0.25, 0.3) is 10.9 Å². The normalized spacial score (nSPS) is 10.8. The molecular formula is C16H12BrFN2O. The average molecular weight is 347 g/mol. The van der Waals surface area contributed by atoms with Gasteiger partial charge in [0.05, 0.1) is 10.9 Å². The number of rotatable bonds is 3. The van der Waals surface area contributed by atoms with Gasteiger partial charge in [-0.05, 0) is 45.8 Å². The van der Waals surface area contributed by atoms with E-state index in [1.165, 1.54) is 12.1 Å². The molecule has 0 bridgehead atoms. The molecule has 5 heteroatoms. The summed E-state index contributed by atoms with van der Waals surface area (Å²) in [6.45, 7) is 0. The number of aromatic nitrogens is 1. The average Bonchev–Trinajstić information content (AvgIpc) is 2.86. The zero-order valence-corrected chi connectivity index (χ0v) is 12.6. The van der Waals surface area contributed by atoms with Crippen molar-refractivity contribution in [3.05, 3.63) is 64.5 Å². The SMILES string of the molecule is O=C(Cc1c[nH]c2ccccc12)Nc1ccc(F)c(Br)c1. The molecule has 2 aromatic carbocycles. The van der Waals surface area contributed by atoms with Gasteiger partial charge in [-0.25, -0.2) is 4.39 Å². The number of amides is 1. The predicted molar refractivity (Wildman–Crippen MR) is 84.7 cm³/mol. The van der Waals surface area contributed by atoms with Crippen molar-refractivity contribution in [2.45, 2.75) is 6.42 Å². The van der Waals surface area contributed by atoms with Crippen LogP contribution in [0.3, 0.4) is 0 Å². The summed E-state index contributed by atoms with van der Waals surface area (Å²) in [5, 5.41) is 3.80. The minimum atomic E-state index is -0.357. The molecule has 0 aliphatic heterocycles. The Hall–Kier alpha value is -2.14. The van der Waals surface area contributed by atoms with Crippen molar-refractivity contribution in [2.24, 2.45) is 0 Å². The van der Waals surface area contributed by atoms with Crippen molar-refractivity contribution >= 4 is 38.4 Å². The Morgan fingerprint density at radius 2 is 2.05 bits per heavy atom. The molecule has 0 spiro atoms. The van der Waals surface area contributed by atoms with Crippen molar-refractivity contribution in [3.8, 4) is 0 Å². The molecule has 3 rings (SSSR count). The van der Waals surface area contributed by atoms with Gasteiger partial charge in [0.15, 0.2) is 0 Å². The van der Waals surface area contributed by atoms with Crippen LogP contribution in [0.15, 0.2) is 53.1 Å². The molecule has 106 valence electrons. The van der Waals surface area contributed by atoms with Gasteiger partial charge >= 0.3 is 0 Å². The highest BCUT2D eigenvalue weighted by atomic mass is 79.9. The summed E-state index contributed by atoms with van der Waals surface area (Å²) in [7, 11) is 0. The fourth-order valence-electron chi connectivity index (χ4n) is 2.23. The number of carbonyl (C=O) groups is 1. The van der Waals surface area contributed by atoms with Gasteiger partial charge in [-0.15, -0.1) is 0 Å². The van der Waals surface area contributed by atoms with E-state index in [9.17, 15) is 9.18 Å². The molecule has 0 unspecified atom stereocenters. The number of carbonyl (C=O) groups excluding carboxylic acids is 1. The first-order chi connectivity index (χ1) is 10.1. The van der Waals surface area contributed by atoms with E-state index in [0.717, 1.165) is 16.5 Å². The van der Waals surface area contributed by atoms with E-state index in [4.69, 9.17) is 0 Å². The summed E-state index contributed by atoms with van der Waals surface area (Å²) in [6.07, 6.45) is 2.10. The standard InChI is InChI=1S/C16H12BrFN2O/c17-13-8-11(5-6-14(13)18)20-16(21)7-10-9-19-15-4-2-1-3-12(10)15/h1-6,8-9,19H,7H2,(H,20,21). The lowest BCUT2D eigenvalue weighted by Gasteiger charge is -2.05. The van der Waals surface area contributed by atoms with Crippen LogP contribution in [0.2, 0.25) is 0 Å².